The number of pyridine rings is 1. The summed E-state index contributed by atoms with van der Waals surface area (Å²) in [6, 6.07) is 13.2. The molecule has 5 nitrogen and oxygen atoms in total. The van der Waals surface area contributed by atoms with Gasteiger partial charge in [-0.05, 0) is 42.7 Å². The summed E-state index contributed by atoms with van der Waals surface area (Å²) in [5, 5.41) is 0.632. The summed E-state index contributed by atoms with van der Waals surface area (Å²) in [4.78, 5) is 33.9. The molecule has 0 aliphatic carbocycles. The van der Waals surface area contributed by atoms with Crippen molar-refractivity contribution in [3.63, 3.8) is 0 Å². The number of carbonyl (C=O) groups excluding carboxylic acids is 2. The number of rotatable bonds is 4. The molecule has 4 heterocycles. The second-order valence-corrected chi connectivity index (χ2v) is 7.76. The average molecular weight is 384 g/mol. The zero-order valence-corrected chi connectivity index (χ0v) is 15.8. The second kappa shape index (κ2) is 7.69. The van der Waals surface area contributed by atoms with Gasteiger partial charge in [0.1, 0.15) is 0 Å². The largest absolute Gasteiger partial charge is 0.340 e. The molecule has 5 rings (SSSR count). The number of amides is 2. The minimum absolute atomic E-state index is 0.0570. The molecule has 0 spiro atoms. The maximum atomic E-state index is 12.9. The molecule has 0 saturated carbocycles. The lowest BCUT2D eigenvalue weighted by molar-refractivity contribution is -0.140. The Morgan fingerprint density at radius 3 is 2.81 bits per heavy atom. The SMILES string of the molecule is O=C(Cc1cccc(Cl)c1)N1C[C@@H]2CC[C@H](C1)N(Cc1ccccn1)C2=O. The number of aromatic nitrogens is 1. The van der Waals surface area contributed by atoms with Crippen LogP contribution in [0.15, 0.2) is 48.7 Å². The number of halogens is 1. The highest BCUT2D eigenvalue weighted by Crippen LogP contribution is 2.30. The summed E-state index contributed by atoms with van der Waals surface area (Å²) in [5.41, 5.74) is 1.79. The topological polar surface area (TPSA) is 53.5 Å². The van der Waals surface area contributed by atoms with E-state index in [0.29, 0.717) is 31.1 Å². The Morgan fingerprint density at radius 1 is 1.15 bits per heavy atom. The highest BCUT2D eigenvalue weighted by molar-refractivity contribution is 6.30. The number of hydrogen-bond donors (Lipinski definition) is 0. The van der Waals surface area contributed by atoms with Gasteiger partial charge in [0.25, 0.3) is 0 Å². The van der Waals surface area contributed by atoms with Crippen LogP contribution in [0.5, 0.6) is 0 Å². The number of benzene rings is 1. The first kappa shape index (κ1) is 18.0. The lowest BCUT2D eigenvalue weighted by Crippen LogP contribution is -2.47. The van der Waals surface area contributed by atoms with Gasteiger partial charge in [-0.2, -0.15) is 0 Å². The molecule has 3 aliphatic heterocycles. The van der Waals surface area contributed by atoms with Crippen LogP contribution in [0.1, 0.15) is 24.1 Å². The van der Waals surface area contributed by atoms with Crippen molar-refractivity contribution in [3.05, 3.63) is 64.9 Å². The van der Waals surface area contributed by atoms with E-state index < -0.39 is 0 Å². The number of fused-ring (bicyclic) bond motifs is 4. The maximum absolute atomic E-state index is 12.9. The molecule has 3 aliphatic rings. The van der Waals surface area contributed by atoms with Gasteiger partial charge in [0.15, 0.2) is 0 Å². The van der Waals surface area contributed by atoms with Crippen LogP contribution in [-0.4, -0.2) is 45.7 Å². The Hall–Kier alpha value is -2.40. The number of hydrogen-bond acceptors (Lipinski definition) is 3. The van der Waals surface area contributed by atoms with Crippen molar-refractivity contribution in [3.8, 4) is 0 Å². The quantitative estimate of drug-likeness (QED) is 0.815. The van der Waals surface area contributed by atoms with Crippen molar-refractivity contribution in [2.24, 2.45) is 5.92 Å². The lowest BCUT2D eigenvalue weighted by atomic mass is 9.94. The van der Waals surface area contributed by atoms with E-state index in [2.05, 4.69) is 4.98 Å². The number of nitrogens with zero attached hydrogens (tertiary/aromatic N) is 3. The van der Waals surface area contributed by atoms with Crippen molar-refractivity contribution in [2.75, 3.05) is 13.1 Å². The smallest absolute Gasteiger partial charge is 0.228 e. The first-order valence-electron chi connectivity index (χ1n) is 9.33. The Bertz CT molecular complexity index is 842. The van der Waals surface area contributed by atoms with Gasteiger partial charge in [-0.3, -0.25) is 14.6 Å². The van der Waals surface area contributed by atoms with Crippen LogP contribution in [0, 0.1) is 5.92 Å². The minimum atomic E-state index is -0.115. The Morgan fingerprint density at radius 2 is 2.04 bits per heavy atom. The van der Waals surface area contributed by atoms with E-state index in [9.17, 15) is 9.59 Å². The molecule has 0 unspecified atom stereocenters. The molecular formula is C21H22ClN3O2. The van der Waals surface area contributed by atoms with Gasteiger partial charge in [-0.1, -0.05) is 29.8 Å². The van der Waals surface area contributed by atoms with Crippen molar-refractivity contribution in [1.82, 2.24) is 14.8 Å². The van der Waals surface area contributed by atoms with Gasteiger partial charge in [0.05, 0.1) is 24.6 Å². The zero-order chi connectivity index (χ0) is 18.8. The summed E-state index contributed by atoms with van der Waals surface area (Å²) < 4.78 is 0. The van der Waals surface area contributed by atoms with Crippen molar-refractivity contribution in [1.29, 1.82) is 0 Å². The third-order valence-corrected chi connectivity index (χ3v) is 5.68. The summed E-state index contributed by atoms with van der Waals surface area (Å²) >= 11 is 6.03. The van der Waals surface area contributed by atoms with Crippen LogP contribution in [-0.2, 0) is 22.6 Å². The van der Waals surface area contributed by atoms with Gasteiger partial charge in [-0.25, -0.2) is 0 Å². The number of carbonyl (C=O) groups is 2. The highest BCUT2D eigenvalue weighted by atomic mass is 35.5. The Balaban J connectivity index is 1.48. The predicted molar refractivity (Wildman–Crippen MR) is 103 cm³/mol. The molecule has 2 aromatic rings. The molecule has 6 heteroatoms. The molecule has 1 aromatic heterocycles. The molecule has 3 saturated heterocycles. The predicted octanol–water partition coefficient (Wildman–Crippen LogP) is 2.93. The first-order chi connectivity index (χ1) is 13.1. The summed E-state index contributed by atoms with van der Waals surface area (Å²) in [6.07, 6.45) is 3.85. The molecule has 1 aromatic carbocycles. The molecule has 0 N–H and O–H groups in total. The molecule has 140 valence electrons. The van der Waals surface area contributed by atoms with Gasteiger partial charge in [-0.15, -0.1) is 0 Å². The maximum Gasteiger partial charge on any atom is 0.228 e. The second-order valence-electron chi connectivity index (χ2n) is 7.32. The summed E-state index contributed by atoms with van der Waals surface area (Å²) in [6.45, 7) is 1.61. The number of piperidine rings is 1. The fourth-order valence-electron chi connectivity index (χ4n) is 4.05. The van der Waals surface area contributed by atoms with Crippen LogP contribution in [0.3, 0.4) is 0 Å². The molecule has 3 fully saturated rings. The molecule has 2 bridgehead atoms. The molecule has 27 heavy (non-hydrogen) atoms. The van der Waals surface area contributed by atoms with Gasteiger partial charge < -0.3 is 9.80 Å². The van der Waals surface area contributed by atoms with Crippen molar-refractivity contribution < 1.29 is 9.59 Å². The van der Waals surface area contributed by atoms with Crippen LogP contribution in [0.25, 0.3) is 0 Å². The van der Waals surface area contributed by atoms with Crippen molar-refractivity contribution >= 4 is 23.4 Å². The van der Waals surface area contributed by atoms with E-state index in [1.807, 2.05) is 46.2 Å². The van der Waals surface area contributed by atoms with E-state index in [4.69, 9.17) is 11.6 Å². The molecule has 2 atom stereocenters. The molecule has 0 radical (unpaired) electrons. The van der Waals surface area contributed by atoms with Crippen LogP contribution in [0.4, 0.5) is 0 Å². The Kier molecular flexibility index (Phi) is 5.12. The fraction of sp³-hybridized carbons (Fsp3) is 0.381. The van der Waals surface area contributed by atoms with Crippen molar-refractivity contribution in [2.45, 2.75) is 31.8 Å². The highest BCUT2D eigenvalue weighted by Gasteiger charge is 2.41. The first-order valence-corrected chi connectivity index (χ1v) is 9.70. The summed E-state index contributed by atoms with van der Waals surface area (Å²) in [5.74, 6) is 0.0902. The average Bonchev–Trinajstić information content (AvgIpc) is 2.95. The zero-order valence-electron chi connectivity index (χ0n) is 15.1. The van der Waals surface area contributed by atoms with E-state index in [0.717, 1.165) is 24.1 Å². The lowest BCUT2D eigenvalue weighted by Gasteiger charge is -2.35. The Labute approximate surface area is 163 Å². The van der Waals surface area contributed by atoms with E-state index >= 15 is 0 Å². The molecular weight excluding hydrogens is 362 g/mol. The summed E-state index contributed by atoms with van der Waals surface area (Å²) in [7, 11) is 0. The van der Waals surface area contributed by atoms with Gasteiger partial charge >= 0.3 is 0 Å². The van der Waals surface area contributed by atoms with E-state index in [-0.39, 0.29) is 23.8 Å². The third kappa shape index (κ3) is 3.98. The van der Waals surface area contributed by atoms with Crippen LogP contribution >= 0.6 is 11.6 Å². The molecule has 2 amide bonds. The van der Waals surface area contributed by atoms with Crippen LogP contribution < -0.4 is 0 Å². The van der Waals surface area contributed by atoms with Gasteiger partial charge in [0, 0.05) is 30.4 Å². The van der Waals surface area contributed by atoms with Crippen LogP contribution in [0.2, 0.25) is 5.02 Å². The third-order valence-electron chi connectivity index (χ3n) is 5.45. The monoisotopic (exact) mass is 383 g/mol. The standard InChI is InChI=1S/C21H22ClN3O2/c22-17-5-3-4-15(10-17)11-20(26)24-12-16-7-8-19(14-24)25(21(16)27)13-18-6-1-2-9-23-18/h1-6,9-10,16,19H,7-8,11-14H2/t16-,19+/m0/s1. The fourth-order valence-corrected chi connectivity index (χ4v) is 4.26. The van der Waals surface area contributed by atoms with E-state index in [1.54, 1.807) is 12.3 Å². The van der Waals surface area contributed by atoms with E-state index in [1.165, 1.54) is 0 Å². The normalized spacial score (nSPS) is 22.0. The van der Waals surface area contributed by atoms with Gasteiger partial charge in [0.2, 0.25) is 11.8 Å². The minimum Gasteiger partial charge on any atom is -0.340 e.